The summed E-state index contributed by atoms with van der Waals surface area (Å²) in [5, 5.41) is 12.3. The van der Waals surface area contributed by atoms with Crippen LogP contribution in [0.15, 0.2) is 65.1 Å². The molecule has 0 aromatic heterocycles. The van der Waals surface area contributed by atoms with Gasteiger partial charge in [-0.25, -0.2) is 0 Å². The van der Waals surface area contributed by atoms with Crippen molar-refractivity contribution in [1.29, 1.82) is 5.26 Å². The second-order valence-electron chi connectivity index (χ2n) is 8.06. The molecule has 0 heterocycles. The average molecular weight is 525 g/mol. The van der Waals surface area contributed by atoms with Crippen molar-refractivity contribution in [2.75, 3.05) is 11.9 Å². The number of hydrogen-bond donors (Lipinski definition) is 1. The van der Waals surface area contributed by atoms with E-state index in [1.807, 2.05) is 45.0 Å². The first-order valence-corrected chi connectivity index (χ1v) is 12.8. The highest BCUT2D eigenvalue weighted by atomic mass is 35.5. The Kier molecular flexibility index (Phi) is 8.41. The number of amides is 1. The Hall–Kier alpha value is -3.80. The first-order chi connectivity index (χ1) is 17.0. The van der Waals surface area contributed by atoms with Gasteiger partial charge in [0, 0.05) is 5.69 Å². The van der Waals surface area contributed by atoms with Gasteiger partial charge in [-0.3, -0.25) is 4.79 Å². The molecular formula is C27H25ClN2O5S. The molecule has 0 unspecified atom stereocenters. The van der Waals surface area contributed by atoms with Crippen molar-refractivity contribution in [3.8, 4) is 17.6 Å². The molecule has 3 rings (SSSR count). The van der Waals surface area contributed by atoms with E-state index in [1.54, 1.807) is 19.1 Å². The summed E-state index contributed by atoms with van der Waals surface area (Å²) >= 11 is 6.38. The summed E-state index contributed by atoms with van der Waals surface area (Å²) in [6.45, 7) is 7.50. The Morgan fingerprint density at radius 1 is 1.06 bits per heavy atom. The van der Waals surface area contributed by atoms with Crippen LogP contribution in [0.1, 0.15) is 29.2 Å². The van der Waals surface area contributed by atoms with E-state index in [-0.39, 0.29) is 33.6 Å². The van der Waals surface area contributed by atoms with Gasteiger partial charge in [-0.15, -0.1) is 0 Å². The van der Waals surface area contributed by atoms with Gasteiger partial charge in [0.2, 0.25) is 5.75 Å². The number of nitrogens with one attached hydrogen (secondary N) is 1. The van der Waals surface area contributed by atoms with E-state index in [0.717, 1.165) is 16.7 Å². The van der Waals surface area contributed by atoms with Crippen LogP contribution in [0.3, 0.4) is 0 Å². The van der Waals surface area contributed by atoms with Gasteiger partial charge >= 0.3 is 10.1 Å². The van der Waals surface area contributed by atoms with E-state index >= 15 is 0 Å². The van der Waals surface area contributed by atoms with Crippen LogP contribution < -0.4 is 14.2 Å². The third-order valence-electron chi connectivity index (χ3n) is 5.15. The van der Waals surface area contributed by atoms with E-state index < -0.39 is 16.0 Å². The lowest BCUT2D eigenvalue weighted by Gasteiger charge is -2.14. The minimum atomic E-state index is -4.19. The summed E-state index contributed by atoms with van der Waals surface area (Å²) in [4.78, 5) is 12.7. The maximum atomic E-state index is 12.8. The van der Waals surface area contributed by atoms with Crippen molar-refractivity contribution in [1.82, 2.24) is 0 Å². The molecule has 0 aliphatic heterocycles. The fourth-order valence-electron chi connectivity index (χ4n) is 3.25. The zero-order chi connectivity index (χ0) is 26.5. The molecule has 3 aromatic rings. The van der Waals surface area contributed by atoms with Crippen molar-refractivity contribution in [3.63, 3.8) is 0 Å². The predicted molar refractivity (Wildman–Crippen MR) is 140 cm³/mol. The zero-order valence-corrected chi connectivity index (χ0v) is 21.8. The Morgan fingerprint density at radius 3 is 2.36 bits per heavy atom. The molecule has 186 valence electrons. The molecule has 3 aromatic carbocycles. The molecule has 1 N–H and O–H groups in total. The zero-order valence-electron chi connectivity index (χ0n) is 20.3. The van der Waals surface area contributed by atoms with E-state index in [0.29, 0.717) is 11.3 Å². The van der Waals surface area contributed by atoms with Gasteiger partial charge in [0.15, 0.2) is 5.75 Å². The number of carbonyl (C=O) groups is 1. The number of anilines is 1. The lowest BCUT2D eigenvalue weighted by atomic mass is 10.1. The number of rotatable bonds is 8. The largest absolute Gasteiger partial charge is 0.490 e. The number of benzene rings is 3. The second-order valence-corrected chi connectivity index (χ2v) is 10.0. The molecule has 1 amide bonds. The minimum absolute atomic E-state index is 0.0366. The smallest absolute Gasteiger partial charge is 0.339 e. The van der Waals surface area contributed by atoms with Gasteiger partial charge in [0.1, 0.15) is 16.5 Å². The van der Waals surface area contributed by atoms with E-state index in [2.05, 4.69) is 5.32 Å². The number of hydrogen-bond acceptors (Lipinski definition) is 6. The molecule has 0 fully saturated rings. The molecule has 0 atom stereocenters. The number of ether oxygens (including phenoxy) is 1. The van der Waals surface area contributed by atoms with Crippen LogP contribution in [-0.2, 0) is 14.9 Å². The van der Waals surface area contributed by atoms with Crippen LogP contribution in [0.2, 0.25) is 5.02 Å². The number of nitriles is 1. The number of aryl methyl sites for hydroxylation is 3. The highest BCUT2D eigenvalue weighted by molar-refractivity contribution is 7.87. The van der Waals surface area contributed by atoms with Crippen LogP contribution in [0.4, 0.5) is 5.69 Å². The van der Waals surface area contributed by atoms with Crippen LogP contribution in [0.25, 0.3) is 6.08 Å². The highest BCUT2D eigenvalue weighted by Crippen LogP contribution is 2.39. The van der Waals surface area contributed by atoms with Gasteiger partial charge in [-0.2, -0.15) is 13.7 Å². The van der Waals surface area contributed by atoms with Crippen LogP contribution >= 0.6 is 11.6 Å². The topological polar surface area (TPSA) is 105 Å². The molecule has 7 nitrogen and oxygen atoms in total. The maximum Gasteiger partial charge on any atom is 0.339 e. The fraction of sp³-hybridized carbons (Fsp3) is 0.185. The minimum Gasteiger partial charge on any atom is -0.490 e. The lowest BCUT2D eigenvalue weighted by Crippen LogP contribution is -2.14. The van der Waals surface area contributed by atoms with Crippen LogP contribution in [-0.4, -0.2) is 20.9 Å². The van der Waals surface area contributed by atoms with E-state index in [9.17, 15) is 18.5 Å². The summed E-state index contributed by atoms with van der Waals surface area (Å²) in [6, 6.07) is 16.5. The predicted octanol–water partition coefficient (Wildman–Crippen LogP) is 5.98. The fourth-order valence-corrected chi connectivity index (χ4v) is 4.51. The SMILES string of the molecule is CCOc1cc(/C=C(\C#N)C(=O)Nc2cc(C)ccc2C)cc(Cl)c1OS(=O)(=O)c1ccc(C)cc1. The maximum absolute atomic E-state index is 12.8. The van der Waals surface area contributed by atoms with Gasteiger partial charge in [-0.1, -0.05) is 41.4 Å². The number of carbonyl (C=O) groups excluding carboxylic acids is 1. The molecule has 0 bridgehead atoms. The summed E-state index contributed by atoms with van der Waals surface area (Å²) < 4.78 is 36.5. The van der Waals surface area contributed by atoms with Gasteiger partial charge in [0.25, 0.3) is 5.91 Å². The lowest BCUT2D eigenvalue weighted by molar-refractivity contribution is -0.112. The quantitative estimate of drug-likeness (QED) is 0.221. The van der Waals surface area contributed by atoms with Crippen molar-refractivity contribution in [2.24, 2.45) is 0 Å². The molecule has 0 saturated heterocycles. The molecule has 36 heavy (non-hydrogen) atoms. The molecular weight excluding hydrogens is 500 g/mol. The van der Waals surface area contributed by atoms with Gasteiger partial charge in [0.05, 0.1) is 11.6 Å². The average Bonchev–Trinajstić information content (AvgIpc) is 2.82. The van der Waals surface area contributed by atoms with Crippen molar-refractivity contribution >= 4 is 39.4 Å². The number of nitrogens with zero attached hydrogens (tertiary/aromatic N) is 1. The molecule has 0 radical (unpaired) electrons. The second kappa shape index (κ2) is 11.3. The standard InChI is InChI=1S/C27H25ClN2O5S/c1-5-34-25-15-20(13-21(16-29)27(31)30-24-12-18(3)6-9-19(24)4)14-23(28)26(25)35-36(32,33)22-10-7-17(2)8-11-22/h6-15H,5H2,1-4H3,(H,30,31)/b21-13+. The van der Waals surface area contributed by atoms with Crippen molar-refractivity contribution < 1.29 is 22.1 Å². The summed E-state index contributed by atoms with van der Waals surface area (Å²) in [7, 11) is -4.19. The van der Waals surface area contributed by atoms with Crippen molar-refractivity contribution in [2.45, 2.75) is 32.6 Å². The molecule has 0 aliphatic rings. The third-order valence-corrected chi connectivity index (χ3v) is 6.67. The Labute approximate surface area is 216 Å². The molecule has 0 spiro atoms. The first kappa shape index (κ1) is 26.8. The number of halogens is 1. The Morgan fingerprint density at radius 2 is 1.72 bits per heavy atom. The van der Waals surface area contributed by atoms with E-state index in [4.69, 9.17) is 20.5 Å². The highest BCUT2D eigenvalue weighted by Gasteiger charge is 2.23. The Balaban J connectivity index is 1.95. The molecule has 9 heteroatoms. The molecule has 0 saturated carbocycles. The van der Waals surface area contributed by atoms with Crippen LogP contribution in [0, 0.1) is 32.1 Å². The third kappa shape index (κ3) is 6.45. The first-order valence-electron chi connectivity index (χ1n) is 11.0. The van der Waals surface area contributed by atoms with Gasteiger partial charge < -0.3 is 14.2 Å². The monoisotopic (exact) mass is 524 g/mol. The van der Waals surface area contributed by atoms with Crippen molar-refractivity contribution in [3.05, 3.63) is 87.4 Å². The summed E-state index contributed by atoms with van der Waals surface area (Å²) in [5.74, 6) is -0.726. The summed E-state index contributed by atoms with van der Waals surface area (Å²) in [5.41, 5.74) is 3.49. The summed E-state index contributed by atoms with van der Waals surface area (Å²) in [6.07, 6.45) is 1.34. The normalized spacial score (nSPS) is 11.5. The molecule has 0 aliphatic carbocycles. The van der Waals surface area contributed by atoms with E-state index in [1.165, 1.54) is 30.3 Å². The van der Waals surface area contributed by atoms with Gasteiger partial charge in [-0.05, 0) is 80.8 Å². The van der Waals surface area contributed by atoms with Crippen LogP contribution in [0.5, 0.6) is 11.5 Å². The Bertz CT molecular complexity index is 1470.